The summed E-state index contributed by atoms with van der Waals surface area (Å²) in [5.74, 6) is -0.231. The minimum absolute atomic E-state index is 0.231. The molecule has 2 aromatic rings. The maximum absolute atomic E-state index is 12.0. The molecule has 4 rings (SSSR count). The smallest absolute Gasteiger partial charge is 0.407 e. The fourth-order valence-corrected chi connectivity index (χ4v) is 6.07. The first-order valence-corrected chi connectivity index (χ1v) is 15.3. The number of piperazine rings is 1. The Bertz CT molecular complexity index is 1150. The van der Waals surface area contributed by atoms with Crippen LogP contribution in [0.2, 0.25) is 5.02 Å². The molecule has 2 aliphatic heterocycles. The molecule has 0 unspecified atom stereocenters. The molecule has 0 spiro atoms. The number of hydrogen-bond donors (Lipinski definition) is 1. The van der Waals surface area contributed by atoms with Crippen molar-refractivity contribution in [1.82, 2.24) is 15.1 Å². The summed E-state index contributed by atoms with van der Waals surface area (Å²) in [6.07, 6.45) is 1.40. The van der Waals surface area contributed by atoms with Gasteiger partial charge >= 0.3 is 12.1 Å². The number of hydrogen-bond acceptors (Lipinski definition) is 8. The van der Waals surface area contributed by atoms with Crippen LogP contribution in [0, 0.1) is 0 Å². The van der Waals surface area contributed by atoms with Crippen LogP contribution in [0.3, 0.4) is 0 Å². The number of alkyl carbamates (subject to hydrolysis) is 1. The molecule has 0 saturated carbocycles. The maximum atomic E-state index is 12.0. The highest BCUT2D eigenvalue weighted by Crippen LogP contribution is 2.48. The Morgan fingerprint density at radius 1 is 0.925 bits per heavy atom. The van der Waals surface area contributed by atoms with Crippen molar-refractivity contribution in [2.24, 2.45) is 0 Å². The van der Waals surface area contributed by atoms with Crippen molar-refractivity contribution < 1.29 is 19.1 Å². The lowest BCUT2D eigenvalue weighted by molar-refractivity contribution is -0.144. The molecule has 0 atom stereocenters. The Morgan fingerprint density at radius 2 is 1.62 bits per heavy atom. The molecule has 2 aromatic carbocycles. The zero-order valence-corrected chi connectivity index (χ0v) is 25.4. The van der Waals surface area contributed by atoms with Crippen LogP contribution in [0.15, 0.2) is 52.3 Å². The molecular weight excluding hydrogens is 548 g/mol. The summed E-state index contributed by atoms with van der Waals surface area (Å²) in [5.41, 5.74) is 1.91. The van der Waals surface area contributed by atoms with E-state index in [4.69, 9.17) is 21.1 Å². The molecule has 0 bridgehead atoms. The fourth-order valence-electron chi connectivity index (χ4n) is 4.83. The molecule has 1 saturated heterocycles. The fraction of sp³-hybridized carbons (Fsp3) is 0.533. The number of ether oxygens (including phenoxy) is 2. The third kappa shape index (κ3) is 9.29. The molecule has 0 aliphatic carbocycles. The van der Waals surface area contributed by atoms with Crippen LogP contribution < -0.4 is 10.2 Å². The van der Waals surface area contributed by atoms with Gasteiger partial charge in [0.2, 0.25) is 0 Å². The molecule has 1 fully saturated rings. The van der Waals surface area contributed by atoms with Crippen LogP contribution in [-0.2, 0) is 14.3 Å². The number of nitrogens with one attached hydrogen (secondary N) is 1. The average molecular weight is 589 g/mol. The van der Waals surface area contributed by atoms with Gasteiger partial charge in [0.1, 0.15) is 12.2 Å². The topological polar surface area (TPSA) is 74.3 Å². The Kier molecular flexibility index (Phi) is 11.0. The minimum atomic E-state index is -0.532. The number of carbonyl (C=O) groups excluding carboxylic acids is 2. The van der Waals surface area contributed by atoms with Crippen molar-refractivity contribution in [3.63, 3.8) is 0 Å². The van der Waals surface area contributed by atoms with E-state index in [0.717, 1.165) is 57.3 Å². The third-order valence-corrected chi connectivity index (χ3v) is 8.17. The number of nitrogens with zero attached hydrogens (tertiary/aromatic N) is 3. The van der Waals surface area contributed by atoms with Gasteiger partial charge < -0.3 is 24.6 Å². The van der Waals surface area contributed by atoms with Gasteiger partial charge in [-0.1, -0.05) is 35.5 Å². The molecule has 1 N–H and O–H groups in total. The van der Waals surface area contributed by atoms with E-state index in [2.05, 4.69) is 56.4 Å². The summed E-state index contributed by atoms with van der Waals surface area (Å²) < 4.78 is 10.6. The summed E-state index contributed by atoms with van der Waals surface area (Å²) in [7, 11) is 0. The van der Waals surface area contributed by atoms with Crippen LogP contribution in [0.25, 0.3) is 0 Å². The van der Waals surface area contributed by atoms with E-state index in [0.29, 0.717) is 19.6 Å². The average Bonchev–Trinajstić information content (AvgIpc) is 2.91. The molecule has 2 aliphatic rings. The van der Waals surface area contributed by atoms with Crippen molar-refractivity contribution >= 4 is 46.8 Å². The monoisotopic (exact) mass is 588 g/mol. The van der Waals surface area contributed by atoms with Gasteiger partial charge in [-0.15, -0.1) is 0 Å². The Hall–Kier alpha value is -2.46. The summed E-state index contributed by atoms with van der Waals surface area (Å²) in [6, 6.07) is 14.7. The molecule has 8 nitrogen and oxygen atoms in total. The van der Waals surface area contributed by atoms with Gasteiger partial charge in [-0.2, -0.15) is 0 Å². The van der Waals surface area contributed by atoms with Crippen LogP contribution >= 0.6 is 23.4 Å². The van der Waals surface area contributed by atoms with E-state index in [9.17, 15) is 9.59 Å². The molecule has 218 valence electrons. The lowest BCUT2D eigenvalue weighted by Crippen LogP contribution is -2.47. The normalized spacial score (nSPS) is 15.8. The molecule has 2 heterocycles. The van der Waals surface area contributed by atoms with Crippen molar-refractivity contribution in [3.8, 4) is 0 Å². The third-order valence-electron chi connectivity index (χ3n) is 6.81. The summed E-state index contributed by atoms with van der Waals surface area (Å²) in [6.45, 7) is 12.9. The highest BCUT2D eigenvalue weighted by Gasteiger charge is 2.24. The lowest BCUT2D eigenvalue weighted by Gasteiger charge is -2.36. The van der Waals surface area contributed by atoms with E-state index in [1.54, 1.807) is 11.8 Å². The lowest BCUT2D eigenvalue weighted by atomic mass is 10.2. The minimum Gasteiger partial charge on any atom is -0.464 e. The van der Waals surface area contributed by atoms with Gasteiger partial charge in [0.25, 0.3) is 0 Å². The van der Waals surface area contributed by atoms with Crippen LogP contribution in [0.1, 0.15) is 40.0 Å². The SMILES string of the molecule is CC(C)(C)OC(=O)NCCCC(=O)OCCN1CCN(CCCN2c3ccccc3Sc3ccc(Cl)cc32)CC1. The first-order chi connectivity index (χ1) is 19.2. The molecule has 1 amide bonds. The van der Waals surface area contributed by atoms with Gasteiger partial charge in [0.05, 0.1) is 11.4 Å². The molecule has 0 radical (unpaired) electrons. The van der Waals surface area contributed by atoms with Crippen molar-refractivity contribution in [2.75, 3.05) is 63.9 Å². The molecule has 10 heteroatoms. The standard InChI is InChI=1S/C30H41ClN4O4S/c1-30(2,3)39-29(37)32-13-6-10-28(36)38-21-20-34-18-16-33(17-19-34)14-7-15-35-24-8-4-5-9-26(24)40-27-12-11-23(31)22-25(27)35/h4-5,8-9,11-12,22H,6-7,10,13-21H2,1-3H3,(H,32,37). The number of para-hydroxylation sites is 1. The van der Waals surface area contributed by atoms with E-state index < -0.39 is 11.7 Å². The zero-order valence-electron chi connectivity index (χ0n) is 23.8. The second-order valence-corrected chi connectivity index (χ2v) is 12.6. The first-order valence-electron chi connectivity index (χ1n) is 14.1. The van der Waals surface area contributed by atoms with Gasteiger partial charge in [-0.05, 0) is 70.5 Å². The second kappa shape index (κ2) is 14.4. The Balaban J connectivity index is 1.10. The number of benzene rings is 2. The van der Waals surface area contributed by atoms with Crippen molar-refractivity contribution in [1.29, 1.82) is 0 Å². The summed E-state index contributed by atoms with van der Waals surface area (Å²) >= 11 is 8.16. The van der Waals surface area contributed by atoms with Crippen molar-refractivity contribution in [3.05, 3.63) is 47.5 Å². The molecule has 40 heavy (non-hydrogen) atoms. The molecule has 0 aromatic heterocycles. The second-order valence-electron chi connectivity index (χ2n) is 11.1. The number of rotatable bonds is 11. The number of fused-ring (bicyclic) bond motifs is 2. The van der Waals surface area contributed by atoms with Crippen LogP contribution in [0.5, 0.6) is 0 Å². The quantitative estimate of drug-likeness (QED) is 0.261. The Labute approximate surface area is 247 Å². The van der Waals surface area contributed by atoms with Crippen LogP contribution in [-0.4, -0.2) is 86.4 Å². The number of anilines is 2. The van der Waals surface area contributed by atoms with Gasteiger partial charge in [-0.25, -0.2) is 4.79 Å². The Morgan fingerprint density at radius 3 is 2.38 bits per heavy atom. The highest BCUT2D eigenvalue weighted by atomic mass is 35.5. The number of carbonyl (C=O) groups is 2. The number of halogens is 1. The molecular formula is C30H41ClN4O4S. The van der Waals surface area contributed by atoms with E-state index in [-0.39, 0.29) is 12.4 Å². The van der Waals surface area contributed by atoms with E-state index in [1.165, 1.54) is 21.2 Å². The van der Waals surface area contributed by atoms with Gasteiger partial charge in [0, 0.05) is 67.0 Å². The van der Waals surface area contributed by atoms with E-state index >= 15 is 0 Å². The number of amides is 1. The van der Waals surface area contributed by atoms with Gasteiger partial charge in [-0.3, -0.25) is 9.69 Å². The maximum Gasteiger partial charge on any atom is 0.407 e. The van der Waals surface area contributed by atoms with E-state index in [1.807, 2.05) is 26.8 Å². The van der Waals surface area contributed by atoms with Crippen molar-refractivity contribution in [2.45, 2.75) is 55.4 Å². The van der Waals surface area contributed by atoms with Gasteiger partial charge in [0.15, 0.2) is 0 Å². The first kappa shape index (κ1) is 30.5. The number of esters is 1. The zero-order chi connectivity index (χ0) is 28.5. The highest BCUT2D eigenvalue weighted by molar-refractivity contribution is 7.99. The summed E-state index contributed by atoms with van der Waals surface area (Å²) in [4.78, 5) is 33.5. The van der Waals surface area contributed by atoms with Crippen LogP contribution in [0.4, 0.5) is 16.2 Å². The predicted octanol–water partition coefficient (Wildman–Crippen LogP) is 5.80. The predicted molar refractivity (Wildman–Crippen MR) is 161 cm³/mol. The summed E-state index contributed by atoms with van der Waals surface area (Å²) in [5, 5.41) is 3.42. The largest absolute Gasteiger partial charge is 0.464 e.